The standard InChI is InChI=1S/C14H16FN3/c15-12-3-4-13(11-2-1-7-17-14(11)12)18-10-5-8-16-9-6-10/h1-4,7,10,16,18H,5-6,8-9H2. The van der Waals surface area contributed by atoms with E-state index in [0.29, 0.717) is 11.6 Å². The van der Waals surface area contributed by atoms with Crippen LogP contribution in [-0.2, 0) is 0 Å². The van der Waals surface area contributed by atoms with Gasteiger partial charge in [0.05, 0.1) is 0 Å². The van der Waals surface area contributed by atoms with Gasteiger partial charge in [-0.2, -0.15) is 0 Å². The number of halogens is 1. The Labute approximate surface area is 105 Å². The Morgan fingerprint density at radius 1 is 1.22 bits per heavy atom. The van der Waals surface area contributed by atoms with Crippen LogP contribution in [0.5, 0.6) is 0 Å². The largest absolute Gasteiger partial charge is 0.382 e. The number of anilines is 1. The number of hydrogen-bond donors (Lipinski definition) is 2. The summed E-state index contributed by atoms with van der Waals surface area (Å²) in [6, 6.07) is 7.50. The SMILES string of the molecule is Fc1ccc(NC2CCNCC2)c2cccnc12. The van der Waals surface area contributed by atoms with Crippen molar-refractivity contribution >= 4 is 16.6 Å². The van der Waals surface area contributed by atoms with E-state index in [2.05, 4.69) is 15.6 Å². The van der Waals surface area contributed by atoms with Gasteiger partial charge in [0.15, 0.2) is 0 Å². The summed E-state index contributed by atoms with van der Waals surface area (Å²) < 4.78 is 13.6. The van der Waals surface area contributed by atoms with Crippen molar-refractivity contribution < 1.29 is 4.39 Å². The molecule has 1 aliphatic rings. The minimum absolute atomic E-state index is 0.263. The number of hydrogen-bond acceptors (Lipinski definition) is 3. The predicted molar refractivity (Wildman–Crippen MR) is 71.2 cm³/mol. The average Bonchev–Trinajstić information content (AvgIpc) is 2.44. The van der Waals surface area contributed by atoms with E-state index in [1.54, 1.807) is 12.3 Å². The maximum absolute atomic E-state index is 13.6. The summed E-state index contributed by atoms with van der Waals surface area (Å²) in [4.78, 5) is 4.11. The molecule has 0 radical (unpaired) electrons. The maximum atomic E-state index is 13.6. The summed E-state index contributed by atoms with van der Waals surface area (Å²) in [5.74, 6) is -0.263. The average molecular weight is 245 g/mol. The lowest BCUT2D eigenvalue weighted by molar-refractivity contribution is 0.479. The first-order valence-corrected chi connectivity index (χ1v) is 6.35. The van der Waals surface area contributed by atoms with E-state index in [1.165, 1.54) is 6.07 Å². The molecule has 0 spiro atoms. The van der Waals surface area contributed by atoms with Gasteiger partial charge < -0.3 is 10.6 Å². The molecule has 0 amide bonds. The van der Waals surface area contributed by atoms with Crippen LogP contribution in [-0.4, -0.2) is 24.1 Å². The van der Waals surface area contributed by atoms with Crippen LogP contribution in [0.4, 0.5) is 10.1 Å². The molecular formula is C14H16FN3. The molecule has 1 aromatic heterocycles. The molecule has 0 bridgehead atoms. The van der Waals surface area contributed by atoms with E-state index in [9.17, 15) is 4.39 Å². The Hall–Kier alpha value is -1.68. The summed E-state index contributed by atoms with van der Waals surface area (Å²) in [5, 5.41) is 7.70. The third-order valence-corrected chi connectivity index (χ3v) is 3.42. The van der Waals surface area contributed by atoms with Gasteiger partial charge in [-0.15, -0.1) is 0 Å². The Morgan fingerprint density at radius 2 is 2.06 bits per heavy atom. The second-order valence-electron chi connectivity index (χ2n) is 4.66. The van der Waals surface area contributed by atoms with Crippen LogP contribution in [0.2, 0.25) is 0 Å². The van der Waals surface area contributed by atoms with Crippen molar-refractivity contribution in [3.8, 4) is 0 Å². The monoisotopic (exact) mass is 245 g/mol. The Kier molecular flexibility index (Phi) is 3.11. The predicted octanol–water partition coefficient (Wildman–Crippen LogP) is 2.54. The summed E-state index contributed by atoms with van der Waals surface area (Å²) in [5.41, 5.74) is 1.42. The number of pyridine rings is 1. The summed E-state index contributed by atoms with van der Waals surface area (Å²) in [6.45, 7) is 2.07. The van der Waals surface area contributed by atoms with Crippen LogP contribution in [0, 0.1) is 5.82 Å². The molecule has 0 unspecified atom stereocenters. The molecule has 3 rings (SSSR count). The molecule has 0 aliphatic carbocycles. The molecule has 3 nitrogen and oxygen atoms in total. The van der Waals surface area contributed by atoms with Gasteiger partial charge in [-0.3, -0.25) is 4.98 Å². The molecule has 0 saturated carbocycles. The molecule has 2 heterocycles. The minimum Gasteiger partial charge on any atom is -0.382 e. The maximum Gasteiger partial charge on any atom is 0.149 e. The number of rotatable bonds is 2. The van der Waals surface area contributed by atoms with Crippen molar-refractivity contribution in [3.63, 3.8) is 0 Å². The lowest BCUT2D eigenvalue weighted by Gasteiger charge is -2.25. The third-order valence-electron chi connectivity index (χ3n) is 3.42. The molecule has 2 N–H and O–H groups in total. The zero-order valence-electron chi connectivity index (χ0n) is 10.1. The van der Waals surface area contributed by atoms with E-state index >= 15 is 0 Å². The molecule has 1 aromatic carbocycles. The van der Waals surface area contributed by atoms with Crippen LogP contribution in [0.3, 0.4) is 0 Å². The van der Waals surface area contributed by atoms with Crippen molar-refractivity contribution in [2.75, 3.05) is 18.4 Å². The van der Waals surface area contributed by atoms with Gasteiger partial charge in [0.25, 0.3) is 0 Å². The lowest BCUT2D eigenvalue weighted by Crippen LogP contribution is -2.35. The first-order chi connectivity index (χ1) is 8.84. The van der Waals surface area contributed by atoms with E-state index in [1.807, 2.05) is 12.1 Å². The molecule has 0 atom stereocenters. The molecule has 4 heteroatoms. The van der Waals surface area contributed by atoms with Crippen LogP contribution in [0.1, 0.15) is 12.8 Å². The summed E-state index contributed by atoms with van der Waals surface area (Å²) >= 11 is 0. The fourth-order valence-corrected chi connectivity index (χ4v) is 2.45. The summed E-state index contributed by atoms with van der Waals surface area (Å²) in [6.07, 6.45) is 3.82. The van der Waals surface area contributed by atoms with Gasteiger partial charge >= 0.3 is 0 Å². The van der Waals surface area contributed by atoms with Crippen molar-refractivity contribution in [2.45, 2.75) is 18.9 Å². The van der Waals surface area contributed by atoms with Gasteiger partial charge in [0.1, 0.15) is 11.3 Å². The molecule has 1 saturated heterocycles. The highest BCUT2D eigenvalue weighted by Crippen LogP contribution is 2.25. The Morgan fingerprint density at radius 3 is 2.89 bits per heavy atom. The van der Waals surface area contributed by atoms with E-state index in [4.69, 9.17) is 0 Å². The molecule has 18 heavy (non-hydrogen) atoms. The normalized spacial score (nSPS) is 16.9. The highest BCUT2D eigenvalue weighted by atomic mass is 19.1. The fraction of sp³-hybridized carbons (Fsp3) is 0.357. The smallest absolute Gasteiger partial charge is 0.149 e. The number of nitrogens with zero attached hydrogens (tertiary/aromatic N) is 1. The lowest BCUT2D eigenvalue weighted by atomic mass is 10.1. The molecule has 2 aromatic rings. The first-order valence-electron chi connectivity index (χ1n) is 6.35. The second kappa shape index (κ2) is 4.90. The minimum atomic E-state index is -0.263. The van der Waals surface area contributed by atoms with Crippen molar-refractivity contribution in [1.29, 1.82) is 0 Å². The zero-order chi connectivity index (χ0) is 12.4. The highest BCUT2D eigenvalue weighted by Gasteiger charge is 2.14. The third kappa shape index (κ3) is 2.16. The van der Waals surface area contributed by atoms with Crippen LogP contribution in [0.25, 0.3) is 10.9 Å². The van der Waals surface area contributed by atoms with Crippen molar-refractivity contribution in [2.24, 2.45) is 0 Å². The number of nitrogens with one attached hydrogen (secondary N) is 2. The van der Waals surface area contributed by atoms with Gasteiger partial charge in [-0.05, 0) is 50.2 Å². The molecule has 1 aliphatic heterocycles. The van der Waals surface area contributed by atoms with Crippen LogP contribution in [0.15, 0.2) is 30.5 Å². The van der Waals surface area contributed by atoms with Gasteiger partial charge in [0, 0.05) is 23.3 Å². The van der Waals surface area contributed by atoms with Crippen LogP contribution < -0.4 is 10.6 Å². The van der Waals surface area contributed by atoms with Gasteiger partial charge in [0.2, 0.25) is 0 Å². The molecule has 94 valence electrons. The van der Waals surface area contributed by atoms with E-state index in [0.717, 1.165) is 37.0 Å². The van der Waals surface area contributed by atoms with E-state index in [-0.39, 0.29) is 5.82 Å². The number of piperidine rings is 1. The Balaban J connectivity index is 1.94. The Bertz CT molecular complexity index is 550. The van der Waals surface area contributed by atoms with Crippen LogP contribution >= 0.6 is 0 Å². The van der Waals surface area contributed by atoms with Gasteiger partial charge in [-0.1, -0.05) is 0 Å². The number of benzene rings is 1. The highest BCUT2D eigenvalue weighted by molar-refractivity contribution is 5.91. The fourth-order valence-electron chi connectivity index (χ4n) is 2.45. The van der Waals surface area contributed by atoms with Crippen molar-refractivity contribution in [1.82, 2.24) is 10.3 Å². The molecular weight excluding hydrogens is 229 g/mol. The quantitative estimate of drug-likeness (QED) is 0.853. The van der Waals surface area contributed by atoms with E-state index < -0.39 is 0 Å². The molecule has 1 fully saturated rings. The van der Waals surface area contributed by atoms with Crippen molar-refractivity contribution in [3.05, 3.63) is 36.3 Å². The summed E-state index contributed by atoms with van der Waals surface area (Å²) in [7, 11) is 0. The number of aromatic nitrogens is 1. The second-order valence-corrected chi connectivity index (χ2v) is 4.66. The van der Waals surface area contributed by atoms with Gasteiger partial charge in [-0.25, -0.2) is 4.39 Å². The number of fused-ring (bicyclic) bond motifs is 1. The zero-order valence-corrected chi connectivity index (χ0v) is 10.1. The first kappa shape index (κ1) is 11.4. The topological polar surface area (TPSA) is 37.0 Å².